The van der Waals surface area contributed by atoms with Crippen LogP contribution in [-0.2, 0) is 11.2 Å². The molecule has 4 aliphatic rings. The molecule has 5 rings (SSSR count). The molecule has 0 spiro atoms. The fourth-order valence-corrected chi connectivity index (χ4v) is 6.41. The van der Waals surface area contributed by atoms with Crippen LogP contribution in [-0.4, -0.2) is 11.9 Å². The van der Waals surface area contributed by atoms with Gasteiger partial charge in [-0.1, -0.05) is 15.9 Å². The Hall–Kier alpha value is -0.900. The second kappa shape index (κ2) is 6.12. The zero-order valence-corrected chi connectivity index (χ0v) is 15.7. The van der Waals surface area contributed by atoms with Crippen molar-refractivity contribution < 1.29 is 9.18 Å². The van der Waals surface area contributed by atoms with Gasteiger partial charge in [0.05, 0.1) is 6.42 Å². The van der Waals surface area contributed by atoms with Crippen LogP contribution in [0.15, 0.2) is 22.7 Å². The van der Waals surface area contributed by atoms with Crippen molar-refractivity contribution in [2.45, 2.75) is 57.9 Å². The van der Waals surface area contributed by atoms with Gasteiger partial charge in [-0.2, -0.15) is 0 Å². The molecule has 1 atom stereocenters. The lowest BCUT2D eigenvalue weighted by molar-refractivity contribution is -0.125. The number of nitrogens with one attached hydrogen (secondary N) is 1. The minimum atomic E-state index is -0.309. The normalized spacial score (nSPS) is 35.0. The molecule has 0 aliphatic heterocycles. The molecule has 4 saturated carbocycles. The van der Waals surface area contributed by atoms with Gasteiger partial charge in [-0.05, 0) is 92.4 Å². The van der Waals surface area contributed by atoms with Crippen LogP contribution in [0.1, 0.15) is 51.0 Å². The molecule has 1 unspecified atom stereocenters. The zero-order valence-electron chi connectivity index (χ0n) is 14.2. The SMILES string of the molecule is CC(NC(=O)Cc1cc(Br)ccc1F)C12CC3CC(CC(C3)C1)C2. The molecule has 1 aromatic rings. The summed E-state index contributed by atoms with van der Waals surface area (Å²) in [7, 11) is 0. The third kappa shape index (κ3) is 3.02. The number of halogens is 2. The minimum Gasteiger partial charge on any atom is -0.353 e. The highest BCUT2D eigenvalue weighted by atomic mass is 79.9. The lowest BCUT2D eigenvalue weighted by atomic mass is 9.48. The van der Waals surface area contributed by atoms with E-state index < -0.39 is 0 Å². The van der Waals surface area contributed by atoms with Gasteiger partial charge >= 0.3 is 0 Å². The fourth-order valence-electron chi connectivity index (χ4n) is 6.01. The number of amides is 1. The summed E-state index contributed by atoms with van der Waals surface area (Å²) in [4.78, 5) is 12.5. The lowest BCUT2D eigenvalue weighted by Gasteiger charge is -2.59. The van der Waals surface area contributed by atoms with Crippen molar-refractivity contribution in [3.63, 3.8) is 0 Å². The van der Waals surface area contributed by atoms with Crippen molar-refractivity contribution in [3.8, 4) is 0 Å². The first-order valence-corrected chi connectivity index (χ1v) is 9.96. The molecule has 0 radical (unpaired) electrons. The van der Waals surface area contributed by atoms with Crippen molar-refractivity contribution in [2.24, 2.45) is 23.2 Å². The van der Waals surface area contributed by atoms with E-state index in [0.717, 1.165) is 22.2 Å². The predicted octanol–water partition coefficient (Wildman–Crippen LogP) is 4.85. The first-order valence-electron chi connectivity index (χ1n) is 9.17. The number of hydrogen-bond acceptors (Lipinski definition) is 1. The smallest absolute Gasteiger partial charge is 0.224 e. The van der Waals surface area contributed by atoms with Gasteiger partial charge in [-0.15, -0.1) is 0 Å². The quantitative estimate of drug-likeness (QED) is 0.777. The van der Waals surface area contributed by atoms with Crippen molar-refractivity contribution in [1.29, 1.82) is 0 Å². The second-order valence-corrected chi connectivity index (χ2v) is 9.40. The molecule has 0 heterocycles. The van der Waals surface area contributed by atoms with E-state index in [1.165, 1.54) is 44.6 Å². The van der Waals surface area contributed by atoms with E-state index in [1.54, 1.807) is 12.1 Å². The van der Waals surface area contributed by atoms with Crippen LogP contribution in [0.25, 0.3) is 0 Å². The van der Waals surface area contributed by atoms with Gasteiger partial charge in [0.1, 0.15) is 5.82 Å². The number of carbonyl (C=O) groups excluding carboxylic acids is 1. The summed E-state index contributed by atoms with van der Waals surface area (Å²) in [5.41, 5.74) is 0.750. The van der Waals surface area contributed by atoms with Crippen LogP contribution >= 0.6 is 15.9 Å². The molecule has 4 fully saturated rings. The van der Waals surface area contributed by atoms with Crippen molar-refractivity contribution >= 4 is 21.8 Å². The van der Waals surface area contributed by atoms with E-state index in [-0.39, 0.29) is 24.2 Å². The molecule has 1 aromatic carbocycles. The lowest BCUT2D eigenvalue weighted by Crippen LogP contribution is -2.56. The second-order valence-electron chi connectivity index (χ2n) is 8.48. The largest absolute Gasteiger partial charge is 0.353 e. The van der Waals surface area contributed by atoms with E-state index in [2.05, 4.69) is 28.2 Å². The molecule has 24 heavy (non-hydrogen) atoms. The summed E-state index contributed by atoms with van der Waals surface area (Å²) in [6.45, 7) is 2.17. The number of hydrogen-bond donors (Lipinski definition) is 1. The molecule has 0 saturated heterocycles. The summed E-state index contributed by atoms with van der Waals surface area (Å²) in [5.74, 6) is 2.25. The van der Waals surface area contributed by atoms with Crippen LogP contribution in [0.3, 0.4) is 0 Å². The minimum absolute atomic E-state index is 0.0600. The summed E-state index contributed by atoms with van der Waals surface area (Å²) in [6, 6.07) is 4.96. The number of rotatable bonds is 4. The van der Waals surface area contributed by atoms with E-state index in [4.69, 9.17) is 0 Å². The first kappa shape index (κ1) is 16.6. The average molecular weight is 394 g/mol. The predicted molar refractivity (Wildman–Crippen MR) is 96.0 cm³/mol. The molecular weight excluding hydrogens is 369 g/mol. The summed E-state index contributed by atoms with van der Waals surface area (Å²) in [5, 5.41) is 3.21. The van der Waals surface area contributed by atoms with Gasteiger partial charge in [-0.25, -0.2) is 4.39 Å². The molecular formula is C20H25BrFNO. The maximum Gasteiger partial charge on any atom is 0.224 e. The van der Waals surface area contributed by atoms with Crippen LogP contribution in [0.5, 0.6) is 0 Å². The van der Waals surface area contributed by atoms with Gasteiger partial charge in [0.2, 0.25) is 5.91 Å². The number of carbonyl (C=O) groups is 1. The third-order valence-corrected chi connectivity index (χ3v) is 7.23. The van der Waals surface area contributed by atoms with Crippen LogP contribution in [0.2, 0.25) is 0 Å². The van der Waals surface area contributed by atoms with Crippen LogP contribution in [0.4, 0.5) is 4.39 Å². The fraction of sp³-hybridized carbons (Fsp3) is 0.650. The highest BCUT2D eigenvalue weighted by Gasteiger charge is 2.53. The van der Waals surface area contributed by atoms with Gasteiger partial charge < -0.3 is 5.32 Å². The molecule has 4 heteroatoms. The summed E-state index contributed by atoms with van der Waals surface area (Å²) in [6.07, 6.45) is 8.14. The Labute approximate surface area is 151 Å². The topological polar surface area (TPSA) is 29.1 Å². The zero-order chi connectivity index (χ0) is 16.9. The molecule has 130 valence electrons. The Morgan fingerprint density at radius 2 is 1.83 bits per heavy atom. The number of benzene rings is 1. The molecule has 2 nitrogen and oxygen atoms in total. The van der Waals surface area contributed by atoms with Crippen molar-refractivity contribution in [1.82, 2.24) is 5.32 Å². The Bertz CT molecular complexity index is 624. The summed E-state index contributed by atoms with van der Waals surface area (Å²) >= 11 is 3.35. The Morgan fingerprint density at radius 1 is 1.25 bits per heavy atom. The Morgan fingerprint density at radius 3 is 2.42 bits per heavy atom. The molecule has 4 bridgehead atoms. The maximum atomic E-state index is 13.9. The molecule has 0 aromatic heterocycles. The third-order valence-electron chi connectivity index (χ3n) is 6.74. The van der Waals surface area contributed by atoms with E-state index in [0.29, 0.717) is 11.0 Å². The monoisotopic (exact) mass is 393 g/mol. The van der Waals surface area contributed by atoms with E-state index in [9.17, 15) is 9.18 Å². The highest BCUT2D eigenvalue weighted by Crippen LogP contribution is 2.61. The maximum absolute atomic E-state index is 13.9. The standard InChI is InChI=1S/C20H25BrFNO/c1-12(20-9-13-4-14(10-20)6-15(5-13)11-20)23-19(24)8-16-7-17(21)2-3-18(16)22/h2-3,7,12-15H,4-6,8-11H2,1H3,(H,23,24). The van der Waals surface area contributed by atoms with Crippen LogP contribution in [0, 0.1) is 29.0 Å². The van der Waals surface area contributed by atoms with Gasteiger partial charge in [0.15, 0.2) is 0 Å². The van der Waals surface area contributed by atoms with Crippen molar-refractivity contribution in [3.05, 3.63) is 34.1 Å². The van der Waals surface area contributed by atoms with Gasteiger partial charge in [-0.3, -0.25) is 4.79 Å². The average Bonchev–Trinajstić information content (AvgIpc) is 2.49. The Balaban J connectivity index is 1.43. The van der Waals surface area contributed by atoms with E-state index >= 15 is 0 Å². The molecule has 1 amide bonds. The Kier molecular flexibility index (Phi) is 4.22. The van der Waals surface area contributed by atoms with Gasteiger partial charge in [0, 0.05) is 10.5 Å². The molecule has 4 aliphatic carbocycles. The van der Waals surface area contributed by atoms with Crippen LogP contribution < -0.4 is 5.32 Å². The highest BCUT2D eigenvalue weighted by molar-refractivity contribution is 9.10. The molecule has 1 N–H and O–H groups in total. The first-order chi connectivity index (χ1) is 11.4. The summed E-state index contributed by atoms with van der Waals surface area (Å²) < 4.78 is 14.7. The van der Waals surface area contributed by atoms with Crippen molar-refractivity contribution in [2.75, 3.05) is 0 Å². The van der Waals surface area contributed by atoms with E-state index in [1.807, 2.05) is 0 Å². The van der Waals surface area contributed by atoms with Gasteiger partial charge in [0.25, 0.3) is 0 Å².